The Morgan fingerprint density at radius 1 is 1.04 bits per heavy atom. The van der Waals surface area contributed by atoms with Crippen molar-refractivity contribution in [2.45, 2.75) is 6.42 Å². The van der Waals surface area contributed by atoms with Crippen molar-refractivity contribution in [1.29, 1.82) is 0 Å². The molecule has 0 unspecified atom stereocenters. The highest BCUT2D eigenvalue weighted by molar-refractivity contribution is 5.96. The van der Waals surface area contributed by atoms with Crippen LogP contribution in [0.1, 0.15) is 11.1 Å². The number of aromatic hydroxyl groups is 1. The summed E-state index contributed by atoms with van der Waals surface area (Å²) >= 11 is 0. The topological polar surface area (TPSA) is 47.3 Å². The van der Waals surface area contributed by atoms with Crippen LogP contribution >= 0.6 is 0 Å². The van der Waals surface area contributed by atoms with E-state index in [1.165, 1.54) is 0 Å². The van der Waals surface area contributed by atoms with Gasteiger partial charge in [0.15, 0.2) is 0 Å². The second kappa shape index (κ2) is 6.02. The summed E-state index contributed by atoms with van der Waals surface area (Å²) in [6.07, 6.45) is 4.46. The Labute approximate surface area is 157 Å². The summed E-state index contributed by atoms with van der Waals surface area (Å²) < 4.78 is 8.13. The minimum Gasteiger partial charge on any atom is -0.508 e. The maximum absolute atomic E-state index is 10.1. The SMILES string of the molecule is Cn1c(-c2ccccc2)c(C=C2Cc3c(O)cccc3O2)c2cccnc21. The Hall–Kier alpha value is -3.53. The lowest BCUT2D eigenvalue weighted by molar-refractivity contribution is 0.449. The van der Waals surface area contributed by atoms with Gasteiger partial charge in [0.05, 0.1) is 5.69 Å². The fourth-order valence-corrected chi connectivity index (χ4v) is 3.80. The highest BCUT2D eigenvalue weighted by atomic mass is 16.5. The molecule has 4 aromatic rings. The van der Waals surface area contributed by atoms with Crippen molar-refractivity contribution in [2.24, 2.45) is 7.05 Å². The molecule has 0 radical (unpaired) electrons. The first-order valence-corrected chi connectivity index (χ1v) is 8.90. The van der Waals surface area contributed by atoms with Crippen LogP contribution in [0.15, 0.2) is 72.6 Å². The van der Waals surface area contributed by atoms with Crippen molar-refractivity contribution in [2.75, 3.05) is 0 Å². The molecule has 0 amide bonds. The van der Waals surface area contributed by atoms with E-state index in [2.05, 4.69) is 33.8 Å². The number of aryl methyl sites for hydroxylation is 1. The van der Waals surface area contributed by atoms with Crippen molar-refractivity contribution in [3.05, 3.63) is 83.7 Å². The van der Waals surface area contributed by atoms with Crippen LogP contribution in [-0.2, 0) is 13.5 Å². The molecule has 0 saturated carbocycles. The van der Waals surface area contributed by atoms with Gasteiger partial charge >= 0.3 is 0 Å². The second-order valence-corrected chi connectivity index (χ2v) is 6.71. The van der Waals surface area contributed by atoms with Crippen LogP contribution in [0.4, 0.5) is 0 Å². The molecule has 4 nitrogen and oxygen atoms in total. The van der Waals surface area contributed by atoms with Crippen LogP contribution in [-0.4, -0.2) is 14.7 Å². The number of hydrogen-bond acceptors (Lipinski definition) is 3. The van der Waals surface area contributed by atoms with Crippen LogP contribution < -0.4 is 4.74 Å². The molecule has 4 heteroatoms. The van der Waals surface area contributed by atoms with Gasteiger partial charge in [-0.15, -0.1) is 0 Å². The quantitative estimate of drug-likeness (QED) is 0.556. The molecule has 2 aromatic carbocycles. The molecule has 0 bridgehead atoms. The van der Waals surface area contributed by atoms with Gasteiger partial charge in [-0.2, -0.15) is 0 Å². The van der Waals surface area contributed by atoms with Crippen molar-refractivity contribution in [3.8, 4) is 22.8 Å². The molecule has 0 fully saturated rings. The molecule has 0 atom stereocenters. The molecule has 1 N–H and O–H groups in total. The van der Waals surface area contributed by atoms with E-state index < -0.39 is 0 Å². The monoisotopic (exact) mass is 354 g/mol. The number of ether oxygens (including phenoxy) is 1. The van der Waals surface area contributed by atoms with Crippen molar-refractivity contribution >= 4 is 17.1 Å². The van der Waals surface area contributed by atoms with Gasteiger partial charge in [0, 0.05) is 36.2 Å². The molecular weight excluding hydrogens is 336 g/mol. The lowest BCUT2D eigenvalue weighted by Crippen LogP contribution is -1.94. The maximum atomic E-state index is 10.1. The number of pyridine rings is 1. The minimum atomic E-state index is 0.277. The van der Waals surface area contributed by atoms with Crippen molar-refractivity contribution in [3.63, 3.8) is 0 Å². The molecule has 5 rings (SSSR count). The molecule has 0 saturated heterocycles. The van der Waals surface area contributed by atoms with Gasteiger partial charge in [0.2, 0.25) is 0 Å². The van der Waals surface area contributed by atoms with E-state index in [0.29, 0.717) is 6.42 Å². The van der Waals surface area contributed by atoms with Gasteiger partial charge in [0.1, 0.15) is 22.9 Å². The second-order valence-electron chi connectivity index (χ2n) is 6.71. The number of phenols is 1. The number of aromatic nitrogens is 2. The Balaban J connectivity index is 1.71. The summed E-state index contributed by atoms with van der Waals surface area (Å²) in [5.41, 5.74) is 5.07. The van der Waals surface area contributed by atoms with Gasteiger partial charge in [-0.1, -0.05) is 36.4 Å². The number of fused-ring (bicyclic) bond motifs is 2. The predicted octanol–water partition coefficient (Wildman–Crippen LogP) is 4.92. The summed E-state index contributed by atoms with van der Waals surface area (Å²) in [7, 11) is 2.04. The summed E-state index contributed by atoms with van der Waals surface area (Å²) in [4.78, 5) is 4.57. The van der Waals surface area contributed by atoms with Crippen LogP contribution in [0.25, 0.3) is 28.4 Å². The molecule has 2 aromatic heterocycles. The summed E-state index contributed by atoms with van der Waals surface area (Å²) in [6, 6.07) is 19.7. The third-order valence-electron chi connectivity index (χ3n) is 5.04. The molecule has 27 heavy (non-hydrogen) atoms. The molecular formula is C23H18N2O2. The van der Waals surface area contributed by atoms with Crippen molar-refractivity contribution < 1.29 is 9.84 Å². The van der Waals surface area contributed by atoms with Crippen molar-refractivity contribution in [1.82, 2.24) is 9.55 Å². The number of allylic oxidation sites excluding steroid dienone is 1. The zero-order valence-electron chi connectivity index (χ0n) is 14.9. The van der Waals surface area contributed by atoms with Crippen LogP contribution in [0.3, 0.4) is 0 Å². The number of nitrogens with zero attached hydrogens (tertiary/aromatic N) is 2. The first kappa shape index (κ1) is 15.7. The van der Waals surface area contributed by atoms with Gasteiger partial charge in [0.25, 0.3) is 0 Å². The van der Waals surface area contributed by atoms with E-state index in [0.717, 1.165) is 44.9 Å². The average molecular weight is 354 g/mol. The number of phenolic OH excluding ortho intramolecular Hbond substituents is 1. The first-order valence-electron chi connectivity index (χ1n) is 8.90. The summed E-state index contributed by atoms with van der Waals surface area (Å²) in [6.45, 7) is 0. The Bertz CT molecular complexity index is 1190. The number of rotatable bonds is 2. The number of benzene rings is 2. The molecule has 1 aliphatic rings. The van der Waals surface area contributed by atoms with Gasteiger partial charge in [-0.3, -0.25) is 0 Å². The highest BCUT2D eigenvalue weighted by Gasteiger charge is 2.23. The third kappa shape index (κ3) is 2.49. The van der Waals surface area contributed by atoms with E-state index in [1.54, 1.807) is 12.1 Å². The van der Waals surface area contributed by atoms with E-state index in [4.69, 9.17) is 4.74 Å². The first-order chi connectivity index (χ1) is 13.2. The standard InChI is InChI=1S/C23H18N2O2/c1-25-22(15-7-3-2-4-8-15)18(17-9-6-12-24-23(17)25)13-16-14-19-20(26)10-5-11-21(19)27-16/h2-13,26H,14H2,1H3. The smallest absolute Gasteiger partial charge is 0.140 e. The Kier molecular flexibility index (Phi) is 3.50. The van der Waals surface area contributed by atoms with Crippen LogP contribution in [0.2, 0.25) is 0 Å². The predicted molar refractivity (Wildman–Crippen MR) is 107 cm³/mol. The van der Waals surface area contributed by atoms with Gasteiger partial charge in [-0.05, 0) is 35.9 Å². The fourth-order valence-electron chi connectivity index (χ4n) is 3.80. The van der Waals surface area contributed by atoms with Crippen LogP contribution in [0.5, 0.6) is 11.5 Å². The van der Waals surface area contributed by atoms with E-state index in [-0.39, 0.29) is 5.75 Å². The van der Waals surface area contributed by atoms with Gasteiger partial charge in [-0.25, -0.2) is 4.98 Å². The molecule has 132 valence electrons. The molecule has 1 aliphatic heterocycles. The normalized spacial score (nSPS) is 14.5. The Morgan fingerprint density at radius 2 is 1.89 bits per heavy atom. The molecule has 0 spiro atoms. The lowest BCUT2D eigenvalue weighted by atomic mass is 10.0. The maximum Gasteiger partial charge on any atom is 0.140 e. The zero-order chi connectivity index (χ0) is 18.4. The Morgan fingerprint density at radius 3 is 2.70 bits per heavy atom. The van der Waals surface area contributed by atoms with E-state index in [9.17, 15) is 5.11 Å². The lowest BCUT2D eigenvalue weighted by Gasteiger charge is -2.06. The zero-order valence-corrected chi connectivity index (χ0v) is 14.9. The summed E-state index contributed by atoms with van der Waals surface area (Å²) in [5.74, 6) is 1.82. The van der Waals surface area contributed by atoms with Gasteiger partial charge < -0.3 is 14.4 Å². The highest BCUT2D eigenvalue weighted by Crippen LogP contribution is 2.39. The molecule has 3 heterocycles. The number of hydrogen-bond donors (Lipinski definition) is 1. The van der Waals surface area contributed by atoms with Crippen LogP contribution in [0, 0.1) is 0 Å². The van der Waals surface area contributed by atoms with E-state index >= 15 is 0 Å². The average Bonchev–Trinajstić information content (AvgIpc) is 3.23. The third-order valence-corrected chi connectivity index (χ3v) is 5.04. The summed E-state index contributed by atoms with van der Waals surface area (Å²) in [5, 5.41) is 11.2. The fraction of sp³-hybridized carbons (Fsp3) is 0.0870. The van der Waals surface area contributed by atoms with E-state index in [1.807, 2.05) is 43.6 Å². The molecule has 0 aliphatic carbocycles. The largest absolute Gasteiger partial charge is 0.508 e. The minimum absolute atomic E-state index is 0.277.